The Morgan fingerprint density at radius 1 is 1.44 bits per heavy atom. The van der Waals surface area contributed by atoms with Gasteiger partial charge in [0.2, 0.25) is 0 Å². The highest BCUT2D eigenvalue weighted by atomic mass is 16.5. The summed E-state index contributed by atoms with van der Waals surface area (Å²) in [7, 11) is 1.66. The average molecular weight is 221 g/mol. The summed E-state index contributed by atoms with van der Waals surface area (Å²) in [5.74, 6) is 1.26. The third-order valence-corrected chi connectivity index (χ3v) is 3.20. The fourth-order valence-corrected chi connectivity index (χ4v) is 2.25. The number of aliphatic hydroxyl groups is 1. The van der Waals surface area contributed by atoms with Crippen LogP contribution in [-0.4, -0.2) is 24.4 Å². The van der Waals surface area contributed by atoms with E-state index in [4.69, 9.17) is 4.74 Å². The summed E-state index contributed by atoms with van der Waals surface area (Å²) >= 11 is 0. The van der Waals surface area contributed by atoms with Gasteiger partial charge >= 0.3 is 0 Å². The van der Waals surface area contributed by atoms with Gasteiger partial charge in [0.05, 0.1) is 19.3 Å². The van der Waals surface area contributed by atoms with E-state index in [0.717, 1.165) is 17.0 Å². The second-order valence-electron chi connectivity index (χ2n) is 4.71. The van der Waals surface area contributed by atoms with Gasteiger partial charge in [-0.3, -0.25) is 0 Å². The van der Waals surface area contributed by atoms with Crippen molar-refractivity contribution < 1.29 is 9.84 Å². The van der Waals surface area contributed by atoms with E-state index in [9.17, 15) is 5.11 Å². The van der Waals surface area contributed by atoms with Gasteiger partial charge < -0.3 is 15.2 Å². The van der Waals surface area contributed by atoms with Crippen LogP contribution in [0.25, 0.3) is 0 Å². The first kappa shape index (κ1) is 11.3. The zero-order valence-corrected chi connectivity index (χ0v) is 10.0. The normalized spacial score (nSPS) is 23.8. The molecule has 0 radical (unpaired) electrons. The first-order valence-electron chi connectivity index (χ1n) is 5.73. The minimum Gasteiger partial charge on any atom is -0.497 e. The van der Waals surface area contributed by atoms with Crippen molar-refractivity contribution in [2.45, 2.75) is 32.4 Å². The van der Waals surface area contributed by atoms with Gasteiger partial charge in [0.1, 0.15) is 5.75 Å². The minimum absolute atomic E-state index is 0.140. The molecular weight excluding hydrogens is 202 g/mol. The number of aliphatic hydroxyl groups excluding tert-OH is 1. The summed E-state index contributed by atoms with van der Waals surface area (Å²) in [6.45, 7) is 4.24. The smallest absolute Gasteiger partial charge is 0.119 e. The Labute approximate surface area is 96.4 Å². The molecule has 2 atom stereocenters. The molecule has 0 spiro atoms. The van der Waals surface area contributed by atoms with Crippen molar-refractivity contribution >= 4 is 5.69 Å². The number of ether oxygens (including phenoxy) is 1. The third kappa shape index (κ3) is 2.00. The van der Waals surface area contributed by atoms with Gasteiger partial charge in [-0.15, -0.1) is 0 Å². The molecule has 1 aromatic rings. The van der Waals surface area contributed by atoms with Crippen molar-refractivity contribution in [1.82, 2.24) is 0 Å². The van der Waals surface area contributed by atoms with E-state index in [1.54, 1.807) is 7.11 Å². The molecule has 1 aromatic carbocycles. The highest BCUT2D eigenvalue weighted by Gasteiger charge is 2.28. The molecule has 16 heavy (non-hydrogen) atoms. The summed E-state index contributed by atoms with van der Waals surface area (Å²) < 4.78 is 5.18. The minimum atomic E-state index is -0.320. The maximum Gasteiger partial charge on any atom is 0.119 e. The number of fused-ring (bicyclic) bond motifs is 1. The molecule has 0 saturated carbocycles. The zero-order chi connectivity index (χ0) is 11.7. The fourth-order valence-electron chi connectivity index (χ4n) is 2.25. The molecule has 3 heteroatoms. The lowest BCUT2D eigenvalue weighted by Crippen LogP contribution is -2.42. The molecule has 88 valence electrons. The van der Waals surface area contributed by atoms with Crippen LogP contribution in [0.2, 0.25) is 0 Å². The fraction of sp³-hybridized carbons (Fsp3) is 0.538. The summed E-state index contributed by atoms with van der Waals surface area (Å²) in [5, 5.41) is 13.4. The Hall–Kier alpha value is -1.22. The quantitative estimate of drug-likeness (QED) is 0.803. The Morgan fingerprint density at radius 2 is 2.19 bits per heavy atom. The molecule has 0 saturated heterocycles. The van der Waals surface area contributed by atoms with Gasteiger partial charge in [-0.2, -0.15) is 0 Å². The predicted octanol–water partition coefficient (Wildman–Crippen LogP) is 2.05. The third-order valence-electron chi connectivity index (χ3n) is 3.20. The summed E-state index contributed by atoms with van der Waals surface area (Å²) in [4.78, 5) is 0. The van der Waals surface area contributed by atoms with Crippen LogP contribution in [0.15, 0.2) is 18.2 Å². The molecule has 0 bridgehead atoms. The molecule has 1 aliphatic rings. The SMILES string of the molecule is COc1ccc2c(c1)CC(O)C(C(C)C)N2. The number of hydrogen-bond donors (Lipinski definition) is 2. The van der Waals surface area contributed by atoms with Gasteiger partial charge in [0.25, 0.3) is 0 Å². The first-order chi connectivity index (χ1) is 7.61. The van der Waals surface area contributed by atoms with Crippen LogP contribution in [0.5, 0.6) is 5.75 Å². The highest BCUT2D eigenvalue weighted by Crippen LogP contribution is 2.30. The van der Waals surface area contributed by atoms with Crippen molar-refractivity contribution in [3.63, 3.8) is 0 Å². The number of benzene rings is 1. The maximum atomic E-state index is 10.0. The molecule has 2 N–H and O–H groups in total. The highest BCUT2D eigenvalue weighted by molar-refractivity contribution is 5.57. The van der Waals surface area contributed by atoms with E-state index in [1.165, 1.54) is 0 Å². The van der Waals surface area contributed by atoms with E-state index in [0.29, 0.717) is 12.3 Å². The van der Waals surface area contributed by atoms with Crippen molar-refractivity contribution in [3.8, 4) is 5.75 Å². The van der Waals surface area contributed by atoms with Gasteiger partial charge in [-0.1, -0.05) is 13.8 Å². The average Bonchev–Trinajstić information content (AvgIpc) is 2.27. The number of methoxy groups -OCH3 is 1. The van der Waals surface area contributed by atoms with Gasteiger partial charge in [-0.25, -0.2) is 0 Å². The Morgan fingerprint density at radius 3 is 2.81 bits per heavy atom. The van der Waals surface area contributed by atoms with Crippen LogP contribution in [0.1, 0.15) is 19.4 Å². The molecule has 0 aliphatic carbocycles. The molecule has 2 unspecified atom stereocenters. The lowest BCUT2D eigenvalue weighted by atomic mass is 9.89. The number of nitrogens with one attached hydrogen (secondary N) is 1. The van der Waals surface area contributed by atoms with E-state index < -0.39 is 0 Å². The lowest BCUT2D eigenvalue weighted by Gasteiger charge is -2.34. The molecule has 1 heterocycles. The second-order valence-corrected chi connectivity index (χ2v) is 4.71. The van der Waals surface area contributed by atoms with E-state index in [-0.39, 0.29) is 12.1 Å². The van der Waals surface area contributed by atoms with Crippen molar-refractivity contribution in [3.05, 3.63) is 23.8 Å². The molecule has 0 aromatic heterocycles. The largest absolute Gasteiger partial charge is 0.497 e. The first-order valence-corrected chi connectivity index (χ1v) is 5.73. The molecule has 1 aliphatic heterocycles. The van der Waals surface area contributed by atoms with Gasteiger partial charge in [0, 0.05) is 12.1 Å². The van der Waals surface area contributed by atoms with E-state index >= 15 is 0 Å². The van der Waals surface area contributed by atoms with Crippen LogP contribution in [-0.2, 0) is 6.42 Å². The molecular formula is C13H19NO2. The monoisotopic (exact) mass is 221 g/mol. The van der Waals surface area contributed by atoms with Gasteiger partial charge in [0.15, 0.2) is 0 Å². The number of hydrogen-bond acceptors (Lipinski definition) is 3. The molecule has 0 amide bonds. The predicted molar refractivity (Wildman–Crippen MR) is 65.0 cm³/mol. The van der Waals surface area contributed by atoms with Gasteiger partial charge in [-0.05, 0) is 29.7 Å². The van der Waals surface area contributed by atoms with E-state index in [2.05, 4.69) is 19.2 Å². The summed E-state index contributed by atoms with van der Waals surface area (Å²) in [5.41, 5.74) is 2.24. The van der Waals surface area contributed by atoms with Crippen LogP contribution >= 0.6 is 0 Å². The molecule has 3 nitrogen and oxygen atoms in total. The van der Waals surface area contributed by atoms with E-state index in [1.807, 2.05) is 18.2 Å². The second kappa shape index (κ2) is 4.34. The topological polar surface area (TPSA) is 41.5 Å². The maximum absolute atomic E-state index is 10.0. The zero-order valence-electron chi connectivity index (χ0n) is 10.0. The van der Waals surface area contributed by atoms with Crippen LogP contribution < -0.4 is 10.1 Å². The van der Waals surface area contributed by atoms with Crippen LogP contribution in [0, 0.1) is 5.92 Å². The Bertz CT molecular complexity index is 376. The molecule has 2 rings (SSSR count). The summed E-state index contributed by atoms with van der Waals surface area (Å²) in [6, 6.07) is 6.10. The van der Waals surface area contributed by atoms with Crippen molar-refractivity contribution in [2.24, 2.45) is 5.92 Å². The standard InChI is InChI=1S/C13H19NO2/c1-8(2)13-12(15)7-9-6-10(16-3)4-5-11(9)14-13/h4-6,8,12-15H,7H2,1-3H3. The Balaban J connectivity index is 2.27. The van der Waals surface area contributed by atoms with Crippen molar-refractivity contribution in [1.29, 1.82) is 0 Å². The molecule has 0 fully saturated rings. The van der Waals surface area contributed by atoms with Crippen LogP contribution in [0.3, 0.4) is 0 Å². The number of rotatable bonds is 2. The Kier molecular flexibility index (Phi) is 3.06. The lowest BCUT2D eigenvalue weighted by molar-refractivity contribution is 0.129. The summed E-state index contributed by atoms with van der Waals surface area (Å²) in [6.07, 6.45) is 0.377. The van der Waals surface area contributed by atoms with Crippen molar-refractivity contribution in [2.75, 3.05) is 12.4 Å². The van der Waals surface area contributed by atoms with Crippen LogP contribution in [0.4, 0.5) is 5.69 Å². The number of anilines is 1.